The van der Waals surface area contributed by atoms with Crippen LogP contribution in [0.25, 0.3) is 0 Å². The van der Waals surface area contributed by atoms with E-state index < -0.39 is 0 Å². The number of fused-ring (bicyclic) bond motifs is 2. The van der Waals surface area contributed by atoms with E-state index in [0.29, 0.717) is 23.7 Å². The lowest BCUT2D eigenvalue weighted by molar-refractivity contribution is 0.0666. The van der Waals surface area contributed by atoms with Crippen molar-refractivity contribution in [2.45, 2.75) is 58.0 Å². The van der Waals surface area contributed by atoms with Gasteiger partial charge in [-0.15, -0.1) is 11.3 Å². The van der Waals surface area contributed by atoms with Crippen molar-refractivity contribution in [1.29, 1.82) is 0 Å². The number of hydrogen-bond donors (Lipinski definition) is 0. The lowest BCUT2D eigenvalue weighted by atomic mass is 10.1. The molecule has 0 saturated carbocycles. The Balaban J connectivity index is 1.80. The van der Waals surface area contributed by atoms with Crippen LogP contribution in [-0.2, 0) is 0 Å². The zero-order chi connectivity index (χ0) is 15.0. The van der Waals surface area contributed by atoms with Crippen LogP contribution in [0.5, 0.6) is 0 Å². The molecule has 2 fully saturated rings. The first-order valence-electron chi connectivity index (χ1n) is 8.10. The van der Waals surface area contributed by atoms with Crippen LogP contribution in [0.4, 0.5) is 0 Å². The van der Waals surface area contributed by atoms with Gasteiger partial charge in [-0.05, 0) is 25.8 Å². The van der Waals surface area contributed by atoms with Gasteiger partial charge in [-0.25, -0.2) is 4.98 Å². The number of thiazole rings is 1. The first-order chi connectivity index (χ1) is 10.1. The molecule has 2 saturated heterocycles. The van der Waals surface area contributed by atoms with E-state index in [4.69, 9.17) is 0 Å². The minimum atomic E-state index is 0.156. The highest BCUT2D eigenvalue weighted by Gasteiger charge is 2.40. The lowest BCUT2D eigenvalue weighted by Gasteiger charge is -2.28. The summed E-state index contributed by atoms with van der Waals surface area (Å²) in [6, 6.07) is 0.803. The average Bonchev–Trinajstić information content (AvgIpc) is 3.03. The zero-order valence-corrected chi connectivity index (χ0v) is 14.0. The lowest BCUT2D eigenvalue weighted by Crippen LogP contribution is -2.43. The Morgan fingerprint density at radius 1 is 1.38 bits per heavy atom. The van der Waals surface area contributed by atoms with Crippen molar-refractivity contribution in [1.82, 2.24) is 14.8 Å². The molecule has 2 aliphatic heterocycles. The van der Waals surface area contributed by atoms with Crippen LogP contribution in [0, 0.1) is 0 Å². The highest BCUT2D eigenvalue weighted by Crippen LogP contribution is 2.32. The third-order valence-corrected chi connectivity index (χ3v) is 5.93. The van der Waals surface area contributed by atoms with Gasteiger partial charge in [-0.3, -0.25) is 4.79 Å². The Hall–Kier alpha value is -0.940. The zero-order valence-electron chi connectivity index (χ0n) is 13.2. The quantitative estimate of drug-likeness (QED) is 0.861. The molecule has 2 aliphatic rings. The fourth-order valence-electron chi connectivity index (χ4n) is 3.55. The molecular weight excluding hydrogens is 282 g/mol. The van der Waals surface area contributed by atoms with Crippen LogP contribution >= 0.6 is 11.3 Å². The van der Waals surface area contributed by atoms with Crippen molar-refractivity contribution in [3.05, 3.63) is 16.1 Å². The first-order valence-corrected chi connectivity index (χ1v) is 8.98. The van der Waals surface area contributed by atoms with E-state index in [1.165, 1.54) is 0 Å². The van der Waals surface area contributed by atoms with Crippen molar-refractivity contribution >= 4 is 17.2 Å². The molecule has 1 aromatic rings. The van der Waals surface area contributed by atoms with Gasteiger partial charge in [0.1, 0.15) is 5.69 Å². The van der Waals surface area contributed by atoms with Crippen molar-refractivity contribution in [2.75, 3.05) is 19.6 Å². The van der Waals surface area contributed by atoms with Crippen LogP contribution in [0.15, 0.2) is 5.38 Å². The molecule has 116 valence electrons. The fourth-order valence-corrected chi connectivity index (χ4v) is 4.36. The molecule has 1 aromatic heterocycles. The molecule has 2 atom stereocenters. The van der Waals surface area contributed by atoms with Crippen molar-refractivity contribution in [3.8, 4) is 0 Å². The van der Waals surface area contributed by atoms with Gasteiger partial charge in [0.2, 0.25) is 0 Å². The molecule has 2 bridgehead atoms. The number of hydrogen-bond acceptors (Lipinski definition) is 4. The second kappa shape index (κ2) is 6.05. The van der Waals surface area contributed by atoms with Gasteiger partial charge in [0.15, 0.2) is 0 Å². The standard InChI is InChI=1S/C16H25N3OS/c1-4-18-8-7-12-5-6-13(9-18)19(12)16(20)14-10-21-15(17-14)11(2)3/h10-13H,4-9H2,1-3H3. The number of rotatable bonds is 3. The molecule has 0 spiro atoms. The molecule has 0 aromatic carbocycles. The maximum absolute atomic E-state index is 12.9. The Labute approximate surface area is 131 Å². The summed E-state index contributed by atoms with van der Waals surface area (Å²) in [6.45, 7) is 9.69. The van der Waals surface area contributed by atoms with Crippen molar-refractivity contribution in [2.24, 2.45) is 0 Å². The molecule has 2 unspecified atom stereocenters. The Bertz CT molecular complexity index is 513. The topological polar surface area (TPSA) is 36.4 Å². The summed E-state index contributed by atoms with van der Waals surface area (Å²) in [7, 11) is 0. The smallest absolute Gasteiger partial charge is 0.273 e. The van der Waals surface area contributed by atoms with Gasteiger partial charge >= 0.3 is 0 Å². The SMILES string of the molecule is CCN1CCC2CCC(C1)N2C(=O)c1csc(C(C)C)n1. The highest BCUT2D eigenvalue weighted by atomic mass is 32.1. The van der Waals surface area contributed by atoms with E-state index in [9.17, 15) is 4.79 Å². The second-order valence-electron chi connectivity index (χ2n) is 6.51. The van der Waals surface area contributed by atoms with Gasteiger partial charge in [0.25, 0.3) is 5.91 Å². The van der Waals surface area contributed by atoms with E-state index in [-0.39, 0.29) is 5.91 Å². The van der Waals surface area contributed by atoms with E-state index in [2.05, 4.69) is 35.6 Å². The fraction of sp³-hybridized carbons (Fsp3) is 0.750. The normalized spacial score (nSPS) is 26.4. The summed E-state index contributed by atoms with van der Waals surface area (Å²) < 4.78 is 0. The maximum Gasteiger partial charge on any atom is 0.273 e. The average molecular weight is 307 g/mol. The van der Waals surface area contributed by atoms with Gasteiger partial charge in [-0.1, -0.05) is 20.8 Å². The second-order valence-corrected chi connectivity index (χ2v) is 7.39. The van der Waals surface area contributed by atoms with Crippen molar-refractivity contribution < 1.29 is 4.79 Å². The van der Waals surface area contributed by atoms with Crippen LogP contribution in [0.3, 0.4) is 0 Å². The number of carbonyl (C=O) groups is 1. The summed E-state index contributed by atoms with van der Waals surface area (Å²) in [5.41, 5.74) is 0.658. The summed E-state index contributed by atoms with van der Waals surface area (Å²) in [5.74, 6) is 0.552. The molecule has 21 heavy (non-hydrogen) atoms. The van der Waals surface area contributed by atoms with E-state index >= 15 is 0 Å². The number of aromatic nitrogens is 1. The Morgan fingerprint density at radius 3 is 2.81 bits per heavy atom. The predicted molar refractivity (Wildman–Crippen MR) is 85.9 cm³/mol. The molecular formula is C16H25N3OS. The van der Waals surface area contributed by atoms with Gasteiger partial charge in [0, 0.05) is 36.5 Å². The van der Waals surface area contributed by atoms with Crippen LogP contribution in [0.2, 0.25) is 0 Å². The highest BCUT2D eigenvalue weighted by molar-refractivity contribution is 7.09. The van der Waals surface area contributed by atoms with Crippen LogP contribution in [0.1, 0.15) is 61.4 Å². The van der Waals surface area contributed by atoms with Crippen molar-refractivity contribution in [3.63, 3.8) is 0 Å². The van der Waals surface area contributed by atoms with Gasteiger partial charge in [0.05, 0.1) is 5.01 Å². The molecule has 3 heterocycles. The van der Waals surface area contributed by atoms with E-state index in [0.717, 1.165) is 43.9 Å². The monoisotopic (exact) mass is 307 g/mol. The van der Waals surface area contributed by atoms with E-state index in [1.807, 2.05) is 5.38 Å². The van der Waals surface area contributed by atoms with Crippen LogP contribution in [-0.4, -0.2) is 52.4 Å². The summed E-state index contributed by atoms with van der Waals surface area (Å²) in [5, 5.41) is 3.01. The number of likely N-dealkylation sites (tertiary alicyclic amines) is 1. The molecule has 4 nitrogen and oxygen atoms in total. The molecule has 3 rings (SSSR count). The predicted octanol–water partition coefficient (Wildman–Crippen LogP) is 2.97. The third kappa shape index (κ3) is 2.86. The molecule has 0 radical (unpaired) electrons. The minimum Gasteiger partial charge on any atom is -0.330 e. The minimum absolute atomic E-state index is 0.156. The van der Waals surface area contributed by atoms with Crippen LogP contribution < -0.4 is 0 Å². The summed E-state index contributed by atoms with van der Waals surface area (Å²) >= 11 is 1.61. The number of likely N-dealkylation sites (N-methyl/N-ethyl adjacent to an activating group) is 1. The van der Waals surface area contributed by atoms with Gasteiger partial charge < -0.3 is 9.80 Å². The third-order valence-electron chi connectivity index (χ3n) is 4.78. The molecule has 5 heteroatoms. The maximum atomic E-state index is 12.9. The molecule has 0 N–H and O–H groups in total. The van der Waals surface area contributed by atoms with Gasteiger partial charge in [-0.2, -0.15) is 0 Å². The first kappa shape index (κ1) is 15.0. The Kier molecular flexibility index (Phi) is 4.31. The summed E-state index contributed by atoms with van der Waals surface area (Å²) in [4.78, 5) is 22.1. The summed E-state index contributed by atoms with van der Waals surface area (Å²) in [6.07, 6.45) is 3.42. The molecule has 1 amide bonds. The Morgan fingerprint density at radius 2 is 2.14 bits per heavy atom. The number of nitrogens with zero attached hydrogens (tertiary/aromatic N) is 3. The number of carbonyl (C=O) groups excluding carboxylic acids is 1. The van der Waals surface area contributed by atoms with E-state index in [1.54, 1.807) is 11.3 Å². The number of amides is 1. The molecule has 0 aliphatic carbocycles. The largest absolute Gasteiger partial charge is 0.330 e.